The lowest BCUT2D eigenvalue weighted by Gasteiger charge is -2.45. The Kier molecular flexibility index (Phi) is 9.78. The lowest BCUT2D eigenvalue weighted by molar-refractivity contribution is 0.590. The first kappa shape index (κ1) is 46.6. The van der Waals surface area contributed by atoms with Crippen LogP contribution in [-0.4, -0.2) is 20.4 Å². The van der Waals surface area contributed by atoms with E-state index in [1.54, 1.807) is 0 Å². The Labute approximate surface area is 457 Å². The standard InChI is InChI=1S/C72H62BN5/c1-43-27-36-50(44(2)37-43)45-38-65-68-66(39-45)77(49-34-30-47(31-35-49)72(6,7)8)69-57(41-64(67-54-22-14-16-24-59(54)75(10)70(67)69)78-60-25-17-12-19-51(60)52-20-13-18-26-61(52)78)73(68)56-40-55-53-21-11-15-23-58(53)74(9)62(55)42-63(56)76(65)48-32-28-46(29-33-48)71(3,4)5/h11-42H,1-10H3. The predicted octanol–water partition coefficient (Wildman–Crippen LogP) is 17.0. The summed E-state index contributed by atoms with van der Waals surface area (Å²) in [6.45, 7) is 18.2. The molecule has 0 atom stereocenters. The van der Waals surface area contributed by atoms with Gasteiger partial charge in [0.1, 0.15) is 0 Å². The molecule has 0 bridgehead atoms. The molecular formula is C72H62BN5. The molecule has 15 rings (SSSR count). The second-order valence-electron chi connectivity index (χ2n) is 24.5. The van der Waals surface area contributed by atoms with Crippen molar-refractivity contribution < 1.29 is 0 Å². The number of aryl methyl sites for hydroxylation is 4. The van der Waals surface area contributed by atoms with Gasteiger partial charge in [0.15, 0.2) is 0 Å². The minimum atomic E-state index is -0.166. The van der Waals surface area contributed by atoms with Gasteiger partial charge in [0.25, 0.3) is 6.71 Å². The minimum absolute atomic E-state index is 0.00526. The molecule has 78 heavy (non-hydrogen) atoms. The Morgan fingerprint density at radius 2 is 0.910 bits per heavy atom. The number of benzene rings is 10. The molecule has 5 nitrogen and oxygen atoms in total. The maximum absolute atomic E-state index is 2.66. The fraction of sp³-hybridized carbons (Fsp3) is 0.167. The zero-order valence-electron chi connectivity index (χ0n) is 46.3. The van der Waals surface area contributed by atoms with Gasteiger partial charge in [0.05, 0.1) is 33.4 Å². The first-order chi connectivity index (χ1) is 37.6. The Bertz CT molecular complexity index is 4630. The third kappa shape index (κ3) is 6.56. The van der Waals surface area contributed by atoms with Crippen molar-refractivity contribution in [3.8, 4) is 16.8 Å². The Morgan fingerprint density at radius 1 is 0.397 bits per heavy atom. The number of para-hydroxylation sites is 4. The average Bonchev–Trinajstić information content (AvgIpc) is 2.92. The van der Waals surface area contributed by atoms with E-state index in [1.807, 2.05) is 0 Å². The zero-order valence-corrected chi connectivity index (χ0v) is 46.3. The number of aromatic nitrogens is 3. The molecule has 0 radical (unpaired) electrons. The average molecular weight is 1010 g/mol. The highest BCUT2D eigenvalue weighted by atomic mass is 15.2. The van der Waals surface area contributed by atoms with Crippen molar-refractivity contribution in [3.05, 3.63) is 216 Å². The number of fused-ring (bicyclic) bond motifs is 14. The van der Waals surface area contributed by atoms with Crippen molar-refractivity contribution in [2.24, 2.45) is 14.1 Å². The molecule has 0 spiro atoms. The summed E-state index contributed by atoms with van der Waals surface area (Å²) in [6, 6.07) is 74.6. The number of nitrogens with zero attached hydrogens (tertiary/aromatic N) is 5. The highest BCUT2D eigenvalue weighted by molar-refractivity contribution is 7.00. The van der Waals surface area contributed by atoms with Crippen LogP contribution in [-0.2, 0) is 24.9 Å². The van der Waals surface area contributed by atoms with Crippen LogP contribution in [0, 0.1) is 13.8 Å². The molecule has 0 saturated heterocycles. The van der Waals surface area contributed by atoms with Crippen molar-refractivity contribution >= 4 is 123 Å². The minimum Gasteiger partial charge on any atom is -0.344 e. The summed E-state index contributed by atoms with van der Waals surface area (Å²) in [6.07, 6.45) is 0. The van der Waals surface area contributed by atoms with Crippen molar-refractivity contribution in [1.82, 2.24) is 13.7 Å². The van der Waals surface area contributed by atoms with E-state index in [-0.39, 0.29) is 17.5 Å². The van der Waals surface area contributed by atoms with E-state index in [0.717, 1.165) is 11.4 Å². The molecule has 0 amide bonds. The van der Waals surface area contributed by atoms with Crippen molar-refractivity contribution in [2.75, 3.05) is 9.80 Å². The maximum atomic E-state index is 2.66. The lowest BCUT2D eigenvalue weighted by Crippen LogP contribution is -2.61. The quantitative estimate of drug-likeness (QED) is 0.164. The fourth-order valence-electron chi connectivity index (χ4n) is 13.9. The number of hydrogen-bond acceptors (Lipinski definition) is 2. The third-order valence-corrected chi connectivity index (χ3v) is 17.7. The van der Waals surface area contributed by atoms with Crippen LogP contribution in [0.3, 0.4) is 0 Å². The van der Waals surface area contributed by atoms with Gasteiger partial charge in [-0.25, -0.2) is 0 Å². The number of rotatable bonds is 4. The lowest BCUT2D eigenvalue weighted by atomic mass is 9.33. The van der Waals surface area contributed by atoms with Crippen LogP contribution in [0.1, 0.15) is 63.8 Å². The monoisotopic (exact) mass is 1010 g/mol. The molecule has 13 aromatic rings. The molecule has 0 saturated carbocycles. The molecule has 0 unspecified atom stereocenters. The number of anilines is 6. The molecule has 5 heterocycles. The third-order valence-electron chi connectivity index (χ3n) is 17.7. The highest BCUT2D eigenvalue weighted by Gasteiger charge is 2.46. The summed E-state index contributed by atoms with van der Waals surface area (Å²) >= 11 is 0. The van der Waals surface area contributed by atoms with Crippen LogP contribution in [0.5, 0.6) is 0 Å². The van der Waals surface area contributed by atoms with Gasteiger partial charge in [-0.3, -0.25) is 0 Å². The summed E-state index contributed by atoms with van der Waals surface area (Å²) in [5, 5.41) is 7.51. The molecule has 2 aliphatic rings. The summed E-state index contributed by atoms with van der Waals surface area (Å²) < 4.78 is 7.47. The highest BCUT2D eigenvalue weighted by Crippen LogP contribution is 2.52. The molecule has 378 valence electrons. The molecular weight excluding hydrogens is 946 g/mol. The first-order valence-corrected chi connectivity index (χ1v) is 27.7. The second kappa shape index (κ2) is 16.4. The zero-order chi connectivity index (χ0) is 53.3. The summed E-state index contributed by atoms with van der Waals surface area (Å²) in [4.78, 5) is 5.26. The van der Waals surface area contributed by atoms with Gasteiger partial charge in [0, 0.05) is 85.9 Å². The van der Waals surface area contributed by atoms with Gasteiger partial charge in [-0.15, -0.1) is 0 Å². The Morgan fingerprint density at radius 3 is 1.49 bits per heavy atom. The number of hydrogen-bond donors (Lipinski definition) is 0. The van der Waals surface area contributed by atoms with E-state index in [4.69, 9.17) is 0 Å². The van der Waals surface area contributed by atoms with Gasteiger partial charge < -0.3 is 23.5 Å². The smallest absolute Gasteiger partial charge is 0.252 e. The molecule has 2 aliphatic heterocycles. The Hall–Kier alpha value is -8.74. The van der Waals surface area contributed by atoms with E-state index in [1.165, 1.54) is 144 Å². The van der Waals surface area contributed by atoms with Gasteiger partial charge in [-0.05, 0) is 142 Å². The van der Waals surface area contributed by atoms with Crippen LogP contribution in [0.2, 0.25) is 0 Å². The van der Waals surface area contributed by atoms with Crippen LogP contribution in [0.25, 0.3) is 82.2 Å². The van der Waals surface area contributed by atoms with E-state index in [2.05, 4.69) is 287 Å². The van der Waals surface area contributed by atoms with E-state index >= 15 is 0 Å². The largest absolute Gasteiger partial charge is 0.344 e. The van der Waals surface area contributed by atoms with E-state index < -0.39 is 0 Å². The van der Waals surface area contributed by atoms with Crippen molar-refractivity contribution in [3.63, 3.8) is 0 Å². The van der Waals surface area contributed by atoms with Gasteiger partial charge in [0.2, 0.25) is 0 Å². The molecule has 3 aromatic heterocycles. The van der Waals surface area contributed by atoms with E-state index in [0.29, 0.717) is 0 Å². The van der Waals surface area contributed by atoms with Gasteiger partial charge in [-0.1, -0.05) is 168 Å². The van der Waals surface area contributed by atoms with E-state index in [9.17, 15) is 0 Å². The SMILES string of the molecule is Cc1ccc(-c2cc3c4c(c2)N(c2ccc(C(C)(C)C)cc2)c2c(cc(-n5c6ccccc6c6ccccc65)c5c6ccccc6n(C)c25)B4c2cc4c5ccccc5n(C)c4cc2N3c2ccc(C(C)(C)C)cc2)c(C)c1. The van der Waals surface area contributed by atoms with Crippen molar-refractivity contribution in [1.29, 1.82) is 0 Å². The van der Waals surface area contributed by atoms with Gasteiger partial charge >= 0.3 is 0 Å². The molecule has 0 aliphatic carbocycles. The van der Waals surface area contributed by atoms with Crippen LogP contribution < -0.4 is 26.2 Å². The van der Waals surface area contributed by atoms with Crippen LogP contribution >= 0.6 is 0 Å². The molecule has 0 fully saturated rings. The summed E-state index contributed by atoms with van der Waals surface area (Å²) in [5.74, 6) is 0. The summed E-state index contributed by atoms with van der Waals surface area (Å²) in [5.41, 5.74) is 26.9. The van der Waals surface area contributed by atoms with Crippen LogP contribution in [0.4, 0.5) is 34.1 Å². The second-order valence-corrected chi connectivity index (χ2v) is 24.5. The topological polar surface area (TPSA) is 21.3 Å². The Balaban J connectivity index is 1.16. The van der Waals surface area contributed by atoms with Crippen molar-refractivity contribution in [2.45, 2.75) is 66.2 Å². The fourth-order valence-corrected chi connectivity index (χ4v) is 13.9. The predicted molar refractivity (Wildman–Crippen MR) is 335 cm³/mol. The van der Waals surface area contributed by atoms with Gasteiger partial charge in [-0.2, -0.15) is 0 Å². The molecule has 0 N–H and O–H groups in total. The first-order valence-electron chi connectivity index (χ1n) is 27.7. The molecule has 10 aromatic carbocycles. The van der Waals surface area contributed by atoms with Crippen LogP contribution in [0.15, 0.2) is 194 Å². The normalized spacial score (nSPS) is 13.4. The summed E-state index contributed by atoms with van der Waals surface area (Å²) in [7, 11) is 4.53. The maximum Gasteiger partial charge on any atom is 0.252 e. The molecule has 6 heteroatoms.